The van der Waals surface area contributed by atoms with Crippen molar-refractivity contribution in [1.82, 2.24) is 20.3 Å². The highest BCUT2D eigenvalue weighted by Gasteiger charge is 2.13. The molecular weight excluding hydrogens is 240 g/mol. The highest BCUT2D eigenvalue weighted by atomic mass is 16.5. The van der Waals surface area contributed by atoms with Crippen LogP contribution < -0.4 is 10.1 Å². The van der Waals surface area contributed by atoms with Gasteiger partial charge in [-0.2, -0.15) is 0 Å². The zero-order valence-corrected chi connectivity index (χ0v) is 11.2. The van der Waals surface area contributed by atoms with Gasteiger partial charge >= 0.3 is 0 Å². The molecule has 2 heterocycles. The predicted molar refractivity (Wildman–Crippen MR) is 73.0 cm³/mol. The number of hydrogen-bond donors (Lipinski definition) is 1. The van der Waals surface area contributed by atoms with Gasteiger partial charge in [0.1, 0.15) is 12.1 Å². The van der Waals surface area contributed by atoms with Crippen LogP contribution in [-0.4, -0.2) is 28.6 Å². The lowest BCUT2D eigenvalue weighted by molar-refractivity contribution is 0.315. The van der Waals surface area contributed by atoms with Gasteiger partial charge in [0.2, 0.25) is 0 Å². The van der Waals surface area contributed by atoms with E-state index >= 15 is 0 Å². The lowest BCUT2D eigenvalue weighted by Gasteiger charge is -2.16. The lowest BCUT2D eigenvalue weighted by atomic mass is 10.0. The minimum absolute atomic E-state index is 0.0128. The zero-order valence-electron chi connectivity index (χ0n) is 11.2. The average molecular weight is 258 g/mol. The molecule has 2 aromatic heterocycles. The molecule has 2 rings (SSSR count). The predicted octanol–water partition coefficient (Wildman–Crippen LogP) is 1.97. The van der Waals surface area contributed by atoms with Gasteiger partial charge in [-0.3, -0.25) is 4.98 Å². The van der Waals surface area contributed by atoms with Crippen LogP contribution in [0, 0.1) is 0 Å². The average Bonchev–Trinajstić information content (AvgIpc) is 2.47. The number of nitrogens with one attached hydrogen (secondary N) is 1. The van der Waals surface area contributed by atoms with Gasteiger partial charge in [-0.05, 0) is 25.1 Å². The van der Waals surface area contributed by atoms with Crippen molar-refractivity contribution in [3.63, 3.8) is 0 Å². The normalized spacial score (nSPS) is 12.1. The van der Waals surface area contributed by atoms with Crippen molar-refractivity contribution in [2.75, 3.05) is 13.7 Å². The Morgan fingerprint density at radius 3 is 2.53 bits per heavy atom. The highest BCUT2D eigenvalue weighted by Crippen LogP contribution is 2.22. The zero-order chi connectivity index (χ0) is 13.5. The third-order valence-corrected chi connectivity index (χ3v) is 2.74. The van der Waals surface area contributed by atoms with E-state index in [1.807, 2.05) is 19.3 Å². The molecule has 0 bridgehead atoms. The number of pyridine rings is 1. The van der Waals surface area contributed by atoms with Crippen molar-refractivity contribution in [3.8, 4) is 5.75 Å². The quantitative estimate of drug-likeness (QED) is 0.858. The van der Waals surface area contributed by atoms with Crippen molar-refractivity contribution >= 4 is 0 Å². The van der Waals surface area contributed by atoms with Crippen molar-refractivity contribution < 1.29 is 4.74 Å². The molecule has 0 radical (unpaired) electrons. The van der Waals surface area contributed by atoms with E-state index in [4.69, 9.17) is 4.74 Å². The molecule has 0 spiro atoms. The largest absolute Gasteiger partial charge is 0.492 e. The van der Waals surface area contributed by atoms with Gasteiger partial charge in [0.05, 0.1) is 18.8 Å². The molecule has 5 nitrogen and oxygen atoms in total. The summed E-state index contributed by atoms with van der Waals surface area (Å²) in [6.07, 6.45) is 9.66. The second-order valence-corrected chi connectivity index (χ2v) is 4.20. The number of ether oxygens (including phenoxy) is 1. The van der Waals surface area contributed by atoms with Crippen LogP contribution in [-0.2, 0) is 0 Å². The van der Waals surface area contributed by atoms with Gasteiger partial charge < -0.3 is 10.1 Å². The third kappa shape index (κ3) is 3.48. The summed E-state index contributed by atoms with van der Waals surface area (Å²) in [5.74, 6) is 0.788. The molecule has 2 aromatic rings. The number of aromatic nitrogens is 3. The molecule has 0 saturated carbocycles. The molecule has 0 amide bonds. The Balaban J connectivity index is 2.23. The summed E-state index contributed by atoms with van der Waals surface area (Å²) < 4.78 is 5.60. The second kappa shape index (κ2) is 6.80. The maximum atomic E-state index is 5.60. The molecule has 0 aliphatic carbocycles. The van der Waals surface area contributed by atoms with Crippen molar-refractivity contribution in [1.29, 1.82) is 0 Å². The Morgan fingerprint density at radius 1 is 1.11 bits per heavy atom. The van der Waals surface area contributed by atoms with Crippen LogP contribution >= 0.6 is 0 Å². The number of nitrogens with zero attached hydrogens (tertiary/aromatic N) is 3. The molecule has 0 saturated heterocycles. The Labute approximate surface area is 113 Å². The standard InChI is InChI=1S/C14H18N4O/c1-3-4-19-13-5-11(6-16-9-13)14(15-2)12-7-17-10-18-8-12/h5-10,14-15H,3-4H2,1-2H3. The van der Waals surface area contributed by atoms with Crippen LogP contribution in [0.15, 0.2) is 37.2 Å². The molecule has 19 heavy (non-hydrogen) atoms. The third-order valence-electron chi connectivity index (χ3n) is 2.74. The van der Waals surface area contributed by atoms with Crippen LogP contribution in [0.5, 0.6) is 5.75 Å². The van der Waals surface area contributed by atoms with Crippen LogP contribution in [0.4, 0.5) is 0 Å². The van der Waals surface area contributed by atoms with Crippen LogP contribution in [0.25, 0.3) is 0 Å². The summed E-state index contributed by atoms with van der Waals surface area (Å²) in [5.41, 5.74) is 2.03. The highest BCUT2D eigenvalue weighted by molar-refractivity contribution is 5.31. The topological polar surface area (TPSA) is 59.9 Å². The Hall–Kier alpha value is -2.01. The van der Waals surface area contributed by atoms with Crippen LogP contribution in [0.3, 0.4) is 0 Å². The summed E-state index contributed by atoms with van der Waals surface area (Å²) in [6.45, 7) is 2.78. The van der Waals surface area contributed by atoms with Gasteiger partial charge in [0, 0.05) is 24.2 Å². The molecule has 1 unspecified atom stereocenters. The van der Waals surface area contributed by atoms with Crippen LogP contribution in [0.1, 0.15) is 30.5 Å². The van der Waals surface area contributed by atoms with Crippen molar-refractivity contribution in [2.45, 2.75) is 19.4 Å². The summed E-state index contributed by atoms with van der Waals surface area (Å²) >= 11 is 0. The maximum Gasteiger partial charge on any atom is 0.137 e. The Bertz CT molecular complexity index is 504. The van der Waals surface area contributed by atoms with Gasteiger partial charge in [0.15, 0.2) is 0 Å². The van der Waals surface area contributed by atoms with E-state index in [9.17, 15) is 0 Å². The molecular formula is C14H18N4O. The van der Waals surface area contributed by atoms with Gasteiger partial charge in [-0.25, -0.2) is 9.97 Å². The van der Waals surface area contributed by atoms with Gasteiger partial charge in [-0.15, -0.1) is 0 Å². The first kappa shape index (κ1) is 13.4. The molecule has 0 aliphatic heterocycles. The first-order valence-electron chi connectivity index (χ1n) is 6.35. The SMILES string of the molecule is CCCOc1cncc(C(NC)c2cncnc2)c1. The smallest absolute Gasteiger partial charge is 0.137 e. The van der Waals surface area contributed by atoms with Crippen LogP contribution in [0.2, 0.25) is 0 Å². The van der Waals surface area contributed by atoms with E-state index in [1.54, 1.807) is 18.6 Å². The molecule has 0 fully saturated rings. The monoisotopic (exact) mass is 258 g/mol. The molecule has 1 atom stereocenters. The Morgan fingerprint density at radius 2 is 1.84 bits per heavy atom. The van der Waals surface area contributed by atoms with Crippen molar-refractivity contribution in [2.24, 2.45) is 0 Å². The molecule has 1 N–H and O–H groups in total. The van der Waals surface area contributed by atoms with E-state index in [0.29, 0.717) is 6.61 Å². The van der Waals surface area contributed by atoms with Gasteiger partial charge in [0.25, 0.3) is 0 Å². The minimum Gasteiger partial charge on any atom is -0.492 e. The molecule has 100 valence electrons. The number of hydrogen-bond acceptors (Lipinski definition) is 5. The minimum atomic E-state index is 0.0128. The lowest BCUT2D eigenvalue weighted by Crippen LogP contribution is -2.18. The van der Waals surface area contributed by atoms with Gasteiger partial charge in [-0.1, -0.05) is 6.92 Å². The summed E-state index contributed by atoms with van der Waals surface area (Å²) in [4.78, 5) is 12.3. The van der Waals surface area contributed by atoms with Crippen molar-refractivity contribution in [3.05, 3.63) is 48.3 Å². The second-order valence-electron chi connectivity index (χ2n) is 4.20. The summed E-state index contributed by atoms with van der Waals surface area (Å²) in [7, 11) is 1.90. The summed E-state index contributed by atoms with van der Waals surface area (Å²) in [5, 5.41) is 3.24. The van der Waals surface area contributed by atoms with E-state index < -0.39 is 0 Å². The van der Waals surface area contributed by atoms with E-state index in [0.717, 1.165) is 23.3 Å². The fraction of sp³-hybridized carbons (Fsp3) is 0.357. The fourth-order valence-corrected chi connectivity index (χ4v) is 1.88. The maximum absolute atomic E-state index is 5.60. The fourth-order valence-electron chi connectivity index (χ4n) is 1.88. The van der Waals surface area contributed by atoms with E-state index in [1.165, 1.54) is 6.33 Å². The molecule has 0 aliphatic rings. The Kier molecular flexibility index (Phi) is 4.80. The molecule has 5 heteroatoms. The summed E-state index contributed by atoms with van der Waals surface area (Å²) in [6, 6.07) is 2.01. The first-order valence-corrected chi connectivity index (χ1v) is 6.35. The van der Waals surface area contributed by atoms with E-state index in [-0.39, 0.29) is 6.04 Å². The number of rotatable bonds is 6. The first-order chi connectivity index (χ1) is 9.35. The van der Waals surface area contributed by atoms with E-state index in [2.05, 4.69) is 27.2 Å². The molecule has 0 aromatic carbocycles.